The number of nitrogens with zero attached hydrogens (tertiary/aromatic N) is 1. The number of benzene rings is 2. The van der Waals surface area contributed by atoms with Gasteiger partial charge in [-0.3, -0.25) is 9.69 Å². The number of hydrogen-bond donors (Lipinski definition) is 2. The molecular formula is C22H29Cl2N3O. The van der Waals surface area contributed by atoms with E-state index in [1.165, 1.54) is 16.7 Å². The molecule has 0 atom stereocenters. The summed E-state index contributed by atoms with van der Waals surface area (Å²) < 4.78 is 0. The van der Waals surface area contributed by atoms with Crippen molar-refractivity contribution >= 4 is 30.7 Å². The maximum Gasteiger partial charge on any atom is 0.241 e. The number of halogens is 2. The first-order valence-electron chi connectivity index (χ1n) is 9.54. The van der Waals surface area contributed by atoms with E-state index in [4.69, 9.17) is 0 Å². The quantitative estimate of drug-likeness (QED) is 0.797. The van der Waals surface area contributed by atoms with Crippen LogP contribution < -0.4 is 10.6 Å². The van der Waals surface area contributed by atoms with Gasteiger partial charge in [0.1, 0.15) is 5.54 Å². The molecule has 2 aromatic rings. The van der Waals surface area contributed by atoms with E-state index < -0.39 is 5.54 Å². The Morgan fingerprint density at radius 2 is 1.57 bits per heavy atom. The number of nitrogens with one attached hydrogen (secondary N) is 2. The number of piperazine rings is 1. The molecule has 1 aliphatic heterocycles. The third-order valence-electron chi connectivity index (χ3n) is 5.80. The second-order valence-corrected chi connectivity index (χ2v) is 7.56. The van der Waals surface area contributed by atoms with Gasteiger partial charge in [0.25, 0.3) is 0 Å². The topological polar surface area (TPSA) is 44.4 Å². The van der Waals surface area contributed by atoms with Crippen molar-refractivity contribution in [2.24, 2.45) is 0 Å². The molecule has 0 spiro atoms. The lowest BCUT2D eigenvalue weighted by atomic mass is 9.91. The van der Waals surface area contributed by atoms with Gasteiger partial charge in [0.05, 0.1) is 0 Å². The van der Waals surface area contributed by atoms with E-state index in [-0.39, 0.29) is 30.7 Å². The number of carbonyl (C=O) groups excluding carboxylic acids is 1. The van der Waals surface area contributed by atoms with Crippen molar-refractivity contribution in [1.82, 2.24) is 15.5 Å². The van der Waals surface area contributed by atoms with Gasteiger partial charge in [-0.05, 0) is 23.6 Å². The van der Waals surface area contributed by atoms with Crippen LogP contribution in [0.15, 0.2) is 48.5 Å². The molecule has 6 heteroatoms. The molecule has 152 valence electrons. The number of fused-ring (bicyclic) bond motifs is 1. The van der Waals surface area contributed by atoms with Gasteiger partial charge >= 0.3 is 0 Å². The predicted molar refractivity (Wildman–Crippen MR) is 119 cm³/mol. The smallest absolute Gasteiger partial charge is 0.241 e. The number of aryl methyl sites for hydroxylation is 1. The van der Waals surface area contributed by atoms with Crippen molar-refractivity contribution in [2.45, 2.75) is 31.8 Å². The molecule has 2 aromatic carbocycles. The molecule has 2 N–H and O–H groups in total. The van der Waals surface area contributed by atoms with Crippen LogP contribution in [-0.4, -0.2) is 42.5 Å². The average Bonchev–Trinajstić information content (AvgIpc) is 3.09. The van der Waals surface area contributed by atoms with Crippen LogP contribution >= 0.6 is 24.8 Å². The molecule has 1 aliphatic carbocycles. The zero-order valence-electron chi connectivity index (χ0n) is 16.2. The summed E-state index contributed by atoms with van der Waals surface area (Å²) in [5.74, 6) is 0.163. The van der Waals surface area contributed by atoms with Crippen LogP contribution in [-0.2, 0) is 24.2 Å². The average molecular weight is 422 g/mol. The van der Waals surface area contributed by atoms with Crippen molar-refractivity contribution in [3.05, 3.63) is 70.8 Å². The molecule has 1 amide bonds. The zero-order valence-corrected chi connectivity index (χ0v) is 17.9. The van der Waals surface area contributed by atoms with Crippen LogP contribution in [0.1, 0.15) is 22.3 Å². The van der Waals surface area contributed by atoms with Gasteiger partial charge in [0.15, 0.2) is 0 Å². The summed E-state index contributed by atoms with van der Waals surface area (Å²) in [6, 6.07) is 16.9. The Labute approximate surface area is 179 Å². The second kappa shape index (κ2) is 9.75. The minimum atomic E-state index is -0.448. The fourth-order valence-corrected chi connectivity index (χ4v) is 4.27. The number of hydrogen-bond acceptors (Lipinski definition) is 3. The first-order chi connectivity index (χ1) is 12.7. The Kier molecular flexibility index (Phi) is 7.90. The van der Waals surface area contributed by atoms with Crippen LogP contribution in [0.2, 0.25) is 0 Å². The van der Waals surface area contributed by atoms with Gasteiger partial charge in [0, 0.05) is 45.6 Å². The number of rotatable bonds is 4. The fraction of sp³-hybridized carbons (Fsp3) is 0.409. The monoisotopic (exact) mass is 421 g/mol. The van der Waals surface area contributed by atoms with Gasteiger partial charge in [0.2, 0.25) is 5.91 Å². The number of amides is 1. The molecule has 0 radical (unpaired) electrons. The minimum Gasteiger partial charge on any atom is -0.350 e. The highest BCUT2D eigenvalue weighted by Crippen LogP contribution is 2.35. The van der Waals surface area contributed by atoms with Crippen LogP contribution in [0.3, 0.4) is 0 Å². The summed E-state index contributed by atoms with van der Waals surface area (Å²) in [6.07, 6.45) is 1.62. The van der Waals surface area contributed by atoms with E-state index in [1.54, 1.807) is 0 Å². The zero-order chi connectivity index (χ0) is 18.0. The van der Waals surface area contributed by atoms with Crippen molar-refractivity contribution in [3.8, 4) is 0 Å². The SMILES string of the molecule is Cc1ccc(CNC(=O)C2(N3CCNCC3)Cc3ccccc3C2)cc1.Cl.Cl. The van der Waals surface area contributed by atoms with Gasteiger partial charge in [-0.25, -0.2) is 0 Å². The van der Waals surface area contributed by atoms with Crippen molar-refractivity contribution in [2.75, 3.05) is 26.2 Å². The maximum atomic E-state index is 13.4. The lowest BCUT2D eigenvalue weighted by Gasteiger charge is -2.42. The molecule has 0 saturated carbocycles. The summed E-state index contributed by atoms with van der Waals surface area (Å²) >= 11 is 0. The Balaban J connectivity index is 0.00000140. The first kappa shape index (κ1) is 22.7. The maximum absolute atomic E-state index is 13.4. The summed E-state index contributed by atoms with van der Waals surface area (Å²) in [5, 5.41) is 6.64. The second-order valence-electron chi connectivity index (χ2n) is 7.56. The Bertz CT molecular complexity index is 764. The molecule has 2 aliphatic rings. The summed E-state index contributed by atoms with van der Waals surface area (Å²) in [6.45, 7) is 6.41. The molecule has 1 saturated heterocycles. The molecule has 4 rings (SSSR count). The summed E-state index contributed by atoms with van der Waals surface area (Å²) in [5.41, 5.74) is 4.57. The van der Waals surface area contributed by atoms with Gasteiger partial charge in [-0.2, -0.15) is 0 Å². The summed E-state index contributed by atoms with van der Waals surface area (Å²) in [4.78, 5) is 15.8. The van der Waals surface area contributed by atoms with Crippen LogP contribution in [0.5, 0.6) is 0 Å². The van der Waals surface area contributed by atoms with E-state index in [2.05, 4.69) is 71.0 Å². The predicted octanol–water partition coefficient (Wildman–Crippen LogP) is 2.90. The lowest BCUT2D eigenvalue weighted by molar-refractivity contribution is -0.134. The van der Waals surface area contributed by atoms with E-state index in [9.17, 15) is 4.79 Å². The lowest BCUT2D eigenvalue weighted by Crippen LogP contribution is -2.63. The highest BCUT2D eigenvalue weighted by molar-refractivity contribution is 5.88. The molecule has 0 unspecified atom stereocenters. The van der Waals surface area contributed by atoms with Crippen LogP contribution in [0.25, 0.3) is 0 Å². The van der Waals surface area contributed by atoms with Crippen molar-refractivity contribution in [3.63, 3.8) is 0 Å². The van der Waals surface area contributed by atoms with Crippen LogP contribution in [0, 0.1) is 6.92 Å². The van der Waals surface area contributed by atoms with E-state index >= 15 is 0 Å². The van der Waals surface area contributed by atoms with E-state index in [1.807, 2.05) is 0 Å². The molecule has 4 nitrogen and oxygen atoms in total. The highest BCUT2D eigenvalue weighted by atomic mass is 35.5. The molecule has 28 heavy (non-hydrogen) atoms. The van der Waals surface area contributed by atoms with E-state index in [0.29, 0.717) is 6.54 Å². The third-order valence-corrected chi connectivity index (χ3v) is 5.80. The molecule has 0 bridgehead atoms. The Hall–Kier alpha value is -1.59. The largest absolute Gasteiger partial charge is 0.350 e. The highest BCUT2D eigenvalue weighted by Gasteiger charge is 2.48. The van der Waals surface area contributed by atoms with Gasteiger partial charge in [-0.1, -0.05) is 54.1 Å². The van der Waals surface area contributed by atoms with Gasteiger partial charge in [-0.15, -0.1) is 24.8 Å². The first-order valence-corrected chi connectivity index (χ1v) is 9.54. The van der Waals surface area contributed by atoms with Crippen molar-refractivity contribution < 1.29 is 4.79 Å². The molecular weight excluding hydrogens is 393 g/mol. The molecule has 1 fully saturated rings. The molecule has 1 heterocycles. The normalized spacial score (nSPS) is 17.8. The summed E-state index contributed by atoms with van der Waals surface area (Å²) in [7, 11) is 0. The fourth-order valence-electron chi connectivity index (χ4n) is 4.27. The standard InChI is InChI=1S/C22H27N3O.2ClH/c1-17-6-8-18(9-7-17)16-24-21(26)22(25-12-10-23-11-13-25)14-19-4-2-3-5-20(19)15-22;;/h2-9,23H,10-16H2,1H3,(H,24,26);2*1H. The van der Waals surface area contributed by atoms with Gasteiger partial charge < -0.3 is 10.6 Å². The Morgan fingerprint density at radius 3 is 2.14 bits per heavy atom. The number of carbonyl (C=O) groups is 1. The van der Waals surface area contributed by atoms with E-state index in [0.717, 1.165) is 44.6 Å². The Morgan fingerprint density at radius 1 is 1.00 bits per heavy atom. The molecule has 0 aromatic heterocycles. The third kappa shape index (κ3) is 4.52. The van der Waals surface area contributed by atoms with Crippen molar-refractivity contribution in [1.29, 1.82) is 0 Å². The van der Waals surface area contributed by atoms with Crippen LogP contribution in [0.4, 0.5) is 0 Å². The minimum absolute atomic E-state index is 0.